The Kier molecular flexibility index (Phi) is 6.91. The number of carboxylic acid groups (broad SMARTS) is 1. The summed E-state index contributed by atoms with van der Waals surface area (Å²) in [6.45, 7) is 6.34. The summed E-state index contributed by atoms with van der Waals surface area (Å²) < 4.78 is 5.16. The Morgan fingerprint density at radius 1 is 1.33 bits per heavy atom. The molecule has 1 fully saturated rings. The molecule has 0 saturated carbocycles. The topological polar surface area (TPSA) is 90.9 Å². The summed E-state index contributed by atoms with van der Waals surface area (Å²) in [4.78, 5) is 25.5. The van der Waals surface area contributed by atoms with Gasteiger partial charge in [0.2, 0.25) is 0 Å². The highest BCUT2D eigenvalue weighted by Crippen LogP contribution is 2.20. The zero-order valence-electron chi connectivity index (χ0n) is 13.1. The Labute approximate surface area is 126 Å². The molecule has 0 aromatic carbocycles. The maximum Gasteiger partial charge on any atom is 0.329 e. The van der Waals surface area contributed by atoms with Crippen LogP contribution in [0.1, 0.15) is 33.1 Å². The van der Waals surface area contributed by atoms with Crippen molar-refractivity contribution in [3.8, 4) is 0 Å². The zero-order chi connectivity index (χ0) is 15.9. The smallest absolute Gasteiger partial charge is 0.329 e. The van der Waals surface area contributed by atoms with Gasteiger partial charge in [0.15, 0.2) is 0 Å². The van der Waals surface area contributed by atoms with Crippen LogP contribution in [0.25, 0.3) is 0 Å². The van der Waals surface area contributed by atoms with Crippen LogP contribution in [0.5, 0.6) is 0 Å². The predicted molar refractivity (Wildman–Crippen MR) is 79.3 cm³/mol. The van der Waals surface area contributed by atoms with Crippen LogP contribution in [0.3, 0.4) is 0 Å². The third-order valence-electron chi connectivity index (χ3n) is 3.96. The van der Waals surface area contributed by atoms with E-state index in [1.807, 2.05) is 7.05 Å². The third kappa shape index (κ3) is 5.51. The van der Waals surface area contributed by atoms with E-state index < -0.39 is 17.5 Å². The fraction of sp³-hybridized carbons (Fsp3) is 0.857. The van der Waals surface area contributed by atoms with Gasteiger partial charge in [0, 0.05) is 38.6 Å². The number of nitrogens with zero attached hydrogens (tertiary/aromatic N) is 1. The number of carbonyl (C=O) groups excluding carboxylic acids is 1. The largest absolute Gasteiger partial charge is 0.480 e. The van der Waals surface area contributed by atoms with Crippen molar-refractivity contribution in [2.75, 3.05) is 33.4 Å². The maximum absolute atomic E-state index is 11.9. The minimum atomic E-state index is -1.20. The minimum Gasteiger partial charge on any atom is -0.480 e. The van der Waals surface area contributed by atoms with Crippen LogP contribution < -0.4 is 10.6 Å². The van der Waals surface area contributed by atoms with E-state index in [4.69, 9.17) is 4.74 Å². The number of amides is 2. The highest BCUT2D eigenvalue weighted by molar-refractivity contribution is 5.86. The van der Waals surface area contributed by atoms with Crippen molar-refractivity contribution in [2.45, 2.75) is 44.7 Å². The van der Waals surface area contributed by atoms with Crippen LogP contribution in [0, 0.1) is 0 Å². The van der Waals surface area contributed by atoms with Crippen LogP contribution >= 0.6 is 0 Å². The SMILES string of the molecule is CC(C)N(C)CCCNC(=O)NC1(C(=O)O)CCOCC1. The number of aliphatic carboxylic acids is 1. The number of ether oxygens (including phenoxy) is 1. The van der Waals surface area contributed by atoms with Crippen molar-refractivity contribution in [1.82, 2.24) is 15.5 Å². The molecule has 0 radical (unpaired) electrons. The number of carbonyl (C=O) groups is 2. The molecule has 1 heterocycles. The molecule has 0 aromatic rings. The predicted octanol–water partition coefficient (Wildman–Crippen LogP) is 0.650. The first-order valence-electron chi connectivity index (χ1n) is 7.45. The summed E-state index contributed by atoms with van der Waals surface area (Å²) in [6.07, 6.45) is 1.42. The molecular formula is C14H27N3O4. The molecule has 0 aliphatic carbocycles. The summed E-state index contributed by atoms with van der Waals surface area (Å²) in [7, 11) is 2.03. The maximum atomic E-state index is 11.9. The van der Waals surface area contributed by atoms with E-state index in [9.17, 15) is 14.7 Å². The van der Waals surface area contributed by atoms with E-state index >= 15 is 0 Å². The van der Waals surface area contributed by atoms with Gasteiger partial charge in [-0.25, -0.2) is 9.59 Å². The zero-order valence-corrected chi connectivity index (χ0v) is 13.1. The average molecular weight is 301 g/mol. The lowest BCUT2D eigenvalue weighted by Crippen LogP contribution is -2.59. The van der Waals surface area contributed by atoms with E-state index in [0.717, 1.165) is 13.0 Å². The Bertz CT molecular complexity index is 354. The number of hydrogen-bond donors (Lipinski definition) is 3. The van der Waals surface area contributed by atoms with Crippen LogP contribution in [0.4, 0.5) is 4.79 Å². The van der Waals surface area contributed by atoms with Crippen LogP contribution in [0.2, 0.25) is 0 Å². The van der Waals surface area contributed by atoms with E-state index in [0.29, 0.717) is 38.6 Å². The lowest BCUT2D eigenvalue weighted by atomic mass is 9.90. The van der Waals surface area contributed by atoms with Crippen molar-refractivity contribution < 1.29 is 19.4 Å². The van der Waals surface area contributed by atoms with Gasteiger partial charge in [-0.1, -0.05) is 0 Å². The second-order valence-electron chi connectivity index (χ2n) is 5.81. The molecule has 1 aliphatic heterocycles. The van der Waals surface area contributed by atoms with Crippen molar-refractivity contribution >= 4 is 12.0 Å². The van der Waals surface area contributed by atoms with Gasteiger partial charge in [-0.05, 0) is 33.9 Å². The number of hydrogen-bond acceptors (Lipinski definition) is 4. The lowest BCUT2D eigenvalue weighted by molar-refractivity contribution is -0.148. The molecule has 1 rings (SSSR count). The lowest BCUT2D eigenvalue weighted by Gasteiger charge is -2.33. The highest BCUT2D eigenvalue weighted by Gasteiger charge is 2.41. The normalized spacial score (nSPS) is 17.8. The van der Waals surface area contributed by atoms with E-state index in [1.54, 1.807) is 0 Å². The van der Waals surface area contributed by atoms with Crippen molar-refractivity contribution in [2.24, 2.45) is 0 Å². The minimum absolute atomic E-state index is 0.297. The third-order valence-corrected chi connectivity index (χ3v) is 3.96. The Hall–Kier alpha value is -1.34. The van der Waals surface area contributed by atoms with Gasteiger partial charge in [-0.15, -0.1) is 0 Å². The Morgan fingerprint density at radius 2 is 1.95 bits per heavy atom. The average Bonchev–Trinajstić information content (AvgIpc) is 2.44. The Morgan fingerprint density at radius 3 is 2.48 bits per heavy atom. The summed E-state index contributed by atoms with van der Waals surface area (Å²) in [6, 6.07) is 0.0443. The summed E-state index contributed by atoms with van der Waals surface area (Å²) in [5.41, 5.74) is -1.20. The van der Waals surface area contributed by atoms with Gasteiger partial charge in [0.25, 0.3) is 0 Å². The van der Waals surface area contributed by atoms with E-state index in [-0.39, 0.29) is 0 Å². The molecule has 0 aromatic heterocycles. The quantitative estimate of drug-likeness (QED) is 0.601. The number of nitrogens with one attached hydrogen (secondary N) is 2. The van der Waals surface area contributed by atoms with Crippen molar-refractivity contribution in [3.05, 3.63) is 0 Å². The molecule has 1 saturated heterocycles. The first-order chi connectivity index (χ1) is 9.87. The van der Waals surface area contributed by atoms with Gasteiger partial charge >= 0.3 is 12.0 Å². The fourth-order valence-electron chi connectivity index (χ4n) is 2.16. The first-order valence-corrected chi connectivity index (χ1v) is 7.45. The molecule has 1 aliphatic rings. The van der Waals surface area contributed by atoms with Gasteiger partial charge in [-0.3, -0.25) is 0 Å². The second kappa shape index (κ2) is 8.19. The van der Waals surface area contributed by atoms with Gasteiger partial charge in [0.1, 0.15) is 5.54 Å². The van der Waals surface area contributed by atoms with Crippen molar-refractivity contribution in [3.63, 3.8) is 0 Å². The number of urea groups is 1. The van der Waals surface area contributed by atoms with E-state index in [2.05, 4.69) is 29.4 Å². The van der Waals surface area contributed by atoms with Gasteiger partial charge in [0.05, 0.1) is 0 Å². The molecule has 0 unspecified atom stereocenters. The van der Waals surface area contributed by atoms with Gasteiger partial charge in [-0.2, -0.15) is 0 Å². The molecule has 2 amide bonds. The van der Waals surface area contributed by atoms with Crippen LogP contribution in [-0.2, 0) is 9.53 Å². The first kappa shape index (κ1) is 17.7. The molecule has 0 bridgehead atoms. The summed E-state index contributed by atoms with van der Waals surface area (Å²) in [5.74, 6) is -1.000. The number of carboxylic acids is 1. The molecule has 3 N–H and O–H groups in total. The molecular weight excluding hydrogens is 274 g/mol. The Balaban J connectivity index is 2.33. The monoisotopic (exact) mass is 301 g/mol. The highest BCUT2D eigenvalue weighted by atomic mass is 16.5. The summed E-state index contributed by atoms with van der Waals surface area (Å²) >= 11 is 0. The second-order valence-corrected chi connectivity index (χ2v) is 5.81. The fourth-order valence-corrected chi connectivity index (χ4v) is 2.16. The molecule has 21 heavy (non-hydrogen) atoms. The standard InChI is InChI=1S/C14H27N3O4/c1-11(2)17(3)8-4-7-15-13(20)16-14(12(18)19)5-9-21-10-6-14/h11H,4-10H2,1-3H3,(H,18,19)(H2,15,16,20). The van der Waals surface area contributed by atoms with Crippen molar-refractivity contribution in [1.29, 1.82) is 0 Å². The molecule has 7 heteroatoms. The summed E-state index contributed by atoms with van der Waals surface area (Å²) in [5, 5.41) is 14.7. The molecule has 122 valence electrons. The molecule has 7 nitrogen and oxygen atoms in total. The van der Waals surface area contributed by atoms with Crippen LogP contribution in [0.15, 0.2) is 0 Å². The molecule has 0 spiro atoms. The molecule has 0 atom stereocenters. The van der Waals surface area contributed by atoms with Crippen LogP contribution in [-0.4, -0.2) is 66.9 Å². The van der Waals surface area contributed by atoms with E-state index in [1.165, 1.54) is 0 Å². The van der Waals surface area contributed by atoms with Gasteiger partial charge < -0.3 is 25.4 Å². The number of rotatable bonds is 7.